The molecule has 156 valence electrons. The molecule has 3 aliphatic heterocycles. The molecule has 0 amide bonds. The number of rotatable bonds is 5. The Labute approximate surface area is 178 Å². The smallest absolute Gasteiger partial charge is 0.183 e. The van der Waals surface area contributed by atoms with Gasteiger partial charge in [-0.3, -0.25) is 4.90 Å². The van der Waals surface area contributed by atoms with Crippen molar-refractivity contribution in [3.63, 3.8) is 0 Å². The maximum atomic E-state index is 14.5. The van der Waals surface area contributed by atoms with Crippen molar-refractivity contribution in [2.24, 2.45) is 0 Å². The molecule has 5 rings (SSSR count). The van der Waals surface area contributed by atoms with Crippen LogP contribution in [0.3, 0.4) is 0 Å². The van der Waals surface area contributed by atoms with E-state index in [1.54, 1.807) is 12.5 Å². The Kier molecular flexibility index (Phi) is 5.14. The van der Waals surface area contributed by atoms with Gasteiger partial charge in [0.15, 0.2) is 17.5 Å². The second kappa shape index (κ2) is 8.08. The van der Waals surface area contributed by atoms with Crippen molar-refractivity contribution in [2.45, 2.75) is 31.6 Å². The minimum Gasteiger partial charge on any atom is -0.367 e. The molecule has 30 heavy (non-hydrogen) atoms. The largest absolute Gasteiger partial charge is 0.367 e. The molecule has 0 radical (unpaired) electrons. The van der Waals surface area contributed by atoms with Gasteiger partial charge < -0.3 is 20.9 Å². The van der Waals surface area contributed by atoms with E-state index >= 15 is 0 Å². The van der Waals surface area contributed by atoms with Gasteiger partial charge in [0.05, 0.1) is 17.6 Å². The molecule has 1 unspecified atom stereocenters. The molecule has 0 spiro atoms. The van der Waals surface area contributed by atoms with E-state index in [1.165, 1.54) is 6.20 Å². The molecule has 1 saturated heterocycles. The van der Waals surface area contributed by atoms with Crippen molar-refractivity contribution in [3.05, 3.63) is 65.1 Å². The predicted molar refractivity (Wildman–Crippen MR) is 113 cm³/mol. The number of dihydropyridines is 1. The van der Waals surface area contributed by atoms with Gasteiger partial charge in [-0.25, -0.2) is 19.3 Å². The summed E-state index contributed by atoms with van der Waals surface area (Å²) >= 11 is 6.13. The number of aromatic amines is 1. The average Bonchev–Trinajstić information content (AvgIpc) is 3.39. The molecule has 2 aromatic heterocycles. The molecule has 2 aromatic rings. The maximum Gasteiger partial charge on any atom is 0.183 e. The molecular weight excluding hydrogens is 407 g/mol. The molecular formula is C20H22ClFN8. The highest BCUT2D eigenvalue weighted by molar-refractivity contribution is 6.31. The van der Waals surface area contributed by atoms with Gasteiger partial charge in [-0.2, -0.15) is 0 Å². The summed E-state index contributed by atoms with van der Waals surface area (Å²) in [6, 6.07) is 0.107. The van der Waals surface area contributed by atoms with Crippen LogP contribution in [0.15, 0.2) is 47.8 Å². The SMILES string of the molecule is Fc1cnc(C2=CNC3NC=C(Cl)C=C23)nc1N[C@H]1CCCN(Cc2cnc[nH]2)C1. The van der Waals surface area contributed by atoms with E-state index in [-0.39, 0.29) is 18.0 Å². The maximum absolute atomic E-state index is 14.5. The lowest BCUT2D eigenvalue weighted by Gasteiger charge is -2.33. The van der Waals surface area contributed by atoms with E-state index in [2.05, 4.69) is 40.8 Å². The minimum absolute atomic E-state index is 0.0815. The Morgan fingerprint density at radius 1 is 1.27 bits per heavy atom. The minimum atomic E-state index is -0.457. The zero-order valence-electron chi connectivity index (χ0n) is 16.2. The van der Waals surface area contributed by atoms with Crippen molar-refractivity contribution in [1.29, 1.82) is 0 Å². The summed E-state index contributed by atoms with van der Waals surface area (Å²) in [5.74, 6) is 0.225. The summed E-state index contributed by atoms with van der Waals surface area (Å²) in [6.45, 7) is 2.61. The number of fused-ring (bicyclic) bond motifs is 1. The highest BCUT2D eigenvalue weighted by Gasteiger charge is 2.28. The molecule has 8 nitrogen and oxygen atoms in total. The number of anilines is 1. The third kappa shape index (κ3) is 3.90. The number of allylic oxidation sites excluding steroid dienone is 2. The van der Waals surface area contributed by atoms with Crippen LogP contribution in [-0.2, 0) is 6.54 Å². The molecule has 5 heterocycles. The Morgan fingerprint density at radius 2 is 2.17 bits per heavy atom. The number of nitrogens with zero attached hydrogens (tertiary/aromatic N) is 4. The molecule has 3 aliphatic rings. The van der Waals surface area contributed by atoms with Crippen molar-refractivity contribution in [3.8, 4) is 0 Å². The van der Waals surface area contributed by atoms with Crippen molar-refractivity contribution in [2.75, 3.05) is 18.4 Å². The summed E-state index contributed by atoms with van der Waals surface area (Å²) in [5.41, 5.74) is 2.80. The number of aromatic nitrogens is 4. The van der Waals surface area contributed by atoms with Crippen LogP contribution < -0.4 is 16.0 Å². The number of likely N-dealkylation sites (tertiary alicyclic amines) is 1. The monoisotopic (exact) mass is 428 g/mol. The Morgan fingerprint density at radius 3 is 3.03 bits per heavy atom. The summed E-state index contributed by atoms with van der Waals surface area (Å²) in [4.78, 5) is 18.2. The number of hydrogen-bond acceptors (Lipinski definition) is 7. The third-order valence-electron chi connectivity index (χ3n) is 5.48. The third-order valence-corrected chi connectivity index (χ3v) is 5.70. The summed E-state index contributed by atoms with van der Waals surface area (Å²) in [5, 5.41) is 10.3. The fraction of sp³-hybridized carbons (Fsp3) is 0.350. The van der Waals surface area contributed by atoms with Gasteiger partial charge in [0.1, 0.15) is 6.17 Å². The average molecular weight is 429 g/mol. The Hall–Kier alpha value is -2.91. The van der Waals surface area contributed by atoms with Gasteiger partial charge in [-0.1, -0.05) is 11.6 Å². The predicted octanol–water partition coefficient (Wildman–Crippen LogP) is 2.30. The zero-order valence-corrected chi connectivity index (χ0v) is 17.0. The second-order valence-corrected chi connectivity index (χ2v) is 8.08. The Balaban J connectivity index is 1.31. The van der Waals surface area contributed by atoms with Crippen LogP contribution in [0.1, 0.15) is 24.4 Å². The number of nitrogens with one attached hydrogen (secondary N) is 4. The van der Waals surface area contributed by atoms with Crippen LogP contribution in [0.5, 0.6) is 0 Å². The van der Waals surface area contributed by atoms with Crippen molar-refractivity contribution < 1.29 is 4.39 Å². The van der Waals surface area contributed by atoms with E-state index in [0.717, 1.165) is 49.3 Å². The standard InChI is InChI=1S/C20H22ClFN8/c21-12-4-15-16(7-25-18(15)24-5-12)19-26-8-17(22)20(29-19)28-13-2-1-3-30(9-13)10-14-6-23-11-27-14/h4-8,11,13,18,24-25H,1-3,9-10H2,(H,23,27)(H,26,28,29)/t13-,18?/m0/s1. The highest BCUT2D eigenvalue weighted by atomic mass is 35.5. The van der Waals surface area contributed by atoms with E-state index in [4.69, 9.17) is 11.6 Å². The van der Waals surface area contributed by atoms with E-state index in [1.807, 2.05) is 18.5 Å². The van der Waals surface area contributed by atoms with E-state index < -0.39 is 5.82 Å². The molecule has 10 heteroatoms. The lowest BCUT2D eigenvalue weighted by atomic mass is 10.0. The fourth-order valence-corrected chi connectivity index (χ4v) is 4.24. The number of H-pyrrole nitrogens is 1. The van der Waals surface area contributed by atoms with E-state index in [0.29, 0.717) is 10.9 Å². The summed E-state index contributed by atoms with van der Waals surface area (Å²) in [7, 11) is 0. The molecule has 0 saturated carbocycles. The van der Waals surface area contributed by atoms with Crippen LogP contribution in [0.25, 0.3) is 5.57 Å². The first-order chi connectivity index (χ1) is 14.7. The van der Waals surface area contributed by atoms with Crippen LogP contribution in [0.4, 0.5) is 10.2 Å². The van der Waals surface area contributed by atoms with Gasteiger partial charge >= 0.3 is 0 Å². The van der Waals surface area contributed by atoms with Gasteiger partial charge in [0.25, 0.3) is 0 Å². The number of hydrogen-bond donors (Lipinski definition) is 4. The number of piperidine rings is 1. The van der Waals surface area contributed by atoms with Crippen molar-refractivity contribution >= 4 is 23.0 Å². The molecule has 0 aliphatic carbocycles. The van der Waals surface area contributed by atoms with Gasteiger partial charge in [0, 0.05) is 54.6 Å². The van der Waals surface area contributed by atoms with Crippen molar-refractivity contribution in [1.82, 2.24) is 35.5 Å². The molecule has 2 atom stereocenters. The van der Waals surface area contributed by atoms with Crippen LogP contribution in [-0.4, -0.2) is 50.1 Å². The molecule has 0 bridgehead atoms. The first kappa shape index (κ1) is 19.1. The van der Waals surface area contributed by atoms with Gasteiger partial charge in [-0.15, -0.1) is 0 Å². The second-order valence-electron chi connectivity index (χ2n) is 7.64. The highest BCUT2D eigenvalue weighted by Crippen LogP contribution is 2.31. The Bertz CT molecular complexity index is 1020. The number of imidazole rings is 1. The van der Waals surface area contributed by atoms with Crippen LogP contribution >= 0.6 is 11.6 Å². The first-order valence-electron chi connectivity index (χ1n) is 9.94. The zero-order chi connectivity index (χ0) is 20.5. The van der Waals surface area contributed by atoms with Gasteiger partial charge in [-0.05, 0) is 25.5 Å². The van der Waals surface area contributed by atoms with E-state index in [9.17, 15) is 4.39 Å². The first-order valence-corrected chi connectivity index (χ1v) is 10.3. The molecule has 4 N–H and O–H groups in total. The number of halogens is 2. The lowest BCUT2D eigenvalue weighted by molar-refractivity contribution is 0.206. The fourth-order valence-electron chi connectivity index (χ4n) is 4.06. The lowest BCUT2D eigenvalue weighted by Crippen LogP contribution is -2.42. The normalized spacial score (nSPS) is 23.6. The summed E-state index contributed by atoms with van der Waals surface area (Å²) in [6.07, 6.45) is 12.1. The molecule has 0 aromatic carbocycles. The summed E-state index contributed by atoms with van der Waals surface area (Å²) < 4.78 is 14.5. The topological polar surface area (TPSA) is 93.8 Å². The van der Waals surface area contributed by atoms with Gasteiger partial charge in [0.2, 0.25) is 0 Å². The van der Waals surface area contributed by atoms with Crippen LogP contribution in [0.2, 0.25) is 0 Å². The van der Waals surface area contributed by atoms with Crippen LogP contribution in [0, 0.1) is 5.82 Å². The molecule has 1 fully saturated rings. The quantitative estimate of drug-likeness (QED) is 0.580.